The predicted octanol–water partition coefficient (Wildman–Crippen LogP) is 3.12. The molecular weight excluding hydrogens is 286 g/mol. The first-order valence-electron chi connectivity index (χ1n) is 7.52. The predicted molar refractivity (Wildman–Crippen MR) is 92.1 cm³/mol. The van der Waals surface area contributed by atoms with E-state index in [0.717, 1.165) is 17.9 Å². The maximum Gasteiger partial charge on any atom is 0.227 e. The van der Waals surface area contributed by atoms with Crippen molar-refractivity contribution in [2.24, 2.45) is 0 Å². The molecule has 0 fully saturated rings. The maximum atomic E-state index is 4.57. The Bertz CT molecular complexity index is 731. The Morgan fingerprint density at radius 3 is 2.57 bits per heavy atom. The van der Waals surface area contributed by atoms with Gasteiger partial charge in [0.1, 0.15) is 5.82 Å². The summed E-state index contributed by atoms with van der Waals surface area (Å²) in [5, 5.41) is 3.30. The Hall–Kier alpha value is -2.95. The lowest BCUT2D eigenvalue weighted by atomic mass is 10.2. The Labute approximate surface area is 136 Å². The van der Waals surface area contributed by atoms with Crippen molar-refractivity contribution in [3.63, 3.8) is 0 Å². The summed E-state index contributed by atoms with van der Waals surface area (Å²) in [7, 11) is 1.99. The van der Waals surface area contributed by atoms with Gasteiger partial charge in [0, 0.05) is 38.7 Å². The molecule has 2 heterocycles. The van der Waals surface area contributed by atoms with E-state index in [9.17, 15) is 0 Å². The number of nitrogens with one attached hydrogen (secondary N) is 1. The molecule has 0 saturated carbocycles. The lowest BCUT2D eigenvalue weighted by molar-refractivity contribution is 0.865. The summed E-state index contributed by atoms with van der Waals surface area (Å²) >= 11 is 0. The summed E-state index contributed by atoms with van der Waals surface area (Å²) in [6, 6.07) is 16.1. The molecule has 0 aliphatic carbocycles. The molecule has 0 aliphatic heterocycles. The van der Waals surface area contributed by atoms with Crippen LogP contribution < -0.4 is 10.2 Å². The van der Waals surface area contributed by atoms with Crippen LogP contribution in [0.4, 0.5) is 11.8 Å². The van der Waals surface area contributed by atoms with Crippen LogP contribution in [0.1, 0.15) is 11.1 Å². The zero-order chi connectivity index (χ0) is 15.9. The van der Waals surface area contributed by atoms with E-state index in [-0.39, 0.29) is 0 Å². The molecule has 1 aromatic carbocycles. The first kappa shape index (κ1) is 15.0. The van der Waals surface area contributed by atoms with Gasteiger partial charge in [-0.2, -0.15) is 4.98 Å². The quantitative estimate of drug-likeness (QED) is 0.758. The van der Waals surface area contributed by atoms with Crippen molar-refractivity contribution in [1.82, 2.24) is 15.0 Å². The minimum atomic E-state index is 0.687. The van der Waals surface area contributed by atoms with E-state index in [1.165, 1.54) is 5.56 Å². The molecular formula is C18H19N5. The molecule has 0 saturated heterocycles. The third-order valence-corrected chi connectivity index (χ3v) is 3.44. The molecule has 5 heteroatoms. The molecule has 0 atom stereocenters. The average Bonchev–Trinajstić information content (AvgIpc) is 2.62. The number of anilines is 2. The van der Waals surface area contributed by atoms with Gasteiger partial charge in [-0.25, -0.2) is 4.98 Å². The molecule has 0 amide bonds. The summed E-state index contributed by atoms with van der Waals surface area (Å²) in [5.41, 5.74) is 2.35. The molecule has 0 unspecified atom stereocenters. The van der Waals surface area contributed by atoms with Gasteiger partial charge in [-0.05, 0) is 23.3 Å². The van der Waals surface area contributed by atoms with Crippen LogP contribution in [0.5, 0.6) is 0 Å². The van der Waals surface area contributed by atoms with Crippen LogP contribution in [-0.4, -0.2) is 22.0 Å². The van der Waals surface area contributed by atoms with Gasteiger partial charge in [0.2, 0.25) is 5.95 Å². The number of rotatable bonds is 6. The maximum absolute atomic E-state index is 4.57. The largest absolute Gasteiger partial charge is 0.366 e. The van der Waals surface area contributed by atoms with Gasteiger partial charge in [0.25, 0.3) is 0 Å². The van der Waals surface area contributed by atoms with E-state index in [2.05, 4.69) is 32.4 Å². The molecule has 23 heavy (non-hydrogen) atoms. The van der Waals surface area contributed by atoms with E-state index in [1.54, 1.807) is 12.4 Å². The minimum Gasteiger partial charge on any atom is -0.366 e. The van der Waals surface area contributed by atoms with E-state index >= 15 is 0 Å². The molecule has 0 aliphatic rings. The Kier molecular flexibility index (Phi) is 4.79. The molecule has 3 aromatic rings. The van der Waals surface area contributed by atoms with Crippen molar-refractivity contribution < 1.29 is 0 Å². The normalized spacial score (nSPS) is 10.3. The standard InChI is InChI=1S/C18H19N5/c1-23(14-15-6-3-2-4-7-15)18-20-11-9-17(22-18)21-13-16-8-5-10-19-12-16/h2-12H,13-14H2,1H3,(H,20,21,22). The average molecular weight is 305 g/mol. The van der Waals surface area contributed by atoms with Crippen LogP contribution in [0.2, 0.25) is 0 Å². The van der Waals surface area contributed by atoms with Crippen LogP contribution in [0.25, 0.3) is 0 Å². The first-order valence-corrected chi connectivity index (χ1v) is 7.52. The third-order valence-electron chi connectivity index (χ3n) is 3.44. The van der Waals surface area contributed by atoms with Crippen molar-refractivity contribution in [3.8, 4) is 0 Å². The van der Waals surface area contributed by atoms with Crippen molar-refractivity contribution in [1.29, 1.82) is 0 Å². The number of pyridine rings is 1. The van der Waals surface area contributed by atoms with Crippen LogP contribution >= 0.6 is 0 Å². The van der Waals surface area contributed by atoms with Gasteiger partial charge in [0.05, 0.1) is 0 Å². The fourth-order valence-electron chi connectivity index (χ4n) is 2.25. The zero-order valence-corrected chi connectivity index (χ0v) is 13.1. The van der Waals surface area contributed by atoms with Gasteiger partial charge in [-0.15, -0.1) is 0 Å². The van der Waals surface area contributed by atoms with E-state index in [4.69, 9.17) is 0 Å². The molecule has 116 valence electrons. The van der Waals surface area contributed by atoms with Crippen molar-refractivity contribution in [2.75, 3.05) is 17.3 Å². The highest BCUT2D eigenvalue weighted by Gasteiger charge is 2.06. The SMILES string of the molecule is CN(Cc1ccccc1)c1nccc(NCc2cccnc2)n1. The highest BCUT2D eigenvalue weighted by molar-refractivity contribution is 5.41. The van der Waals surface area contributed by atoms with Crippen molar-refractivity contribution in [2.45, 2.75) is 13.1 Å². The number of nitrogens with zero attached hydrogens (tertiary/aromatic N) is 4. The summed E-state index contributed by atoms with van der Waals surface area (Å²) in [6.45, 7) is 1.46. The molecule has 1 N–H and O–H groups in total. The van der Waals surface area contributed by atoms with Crippen LogP contribution in [0.15, 0.2) is 67.1 Å². The lowest BCUT2D eigenvalue weighted by Crippen LogP contribution is -2.19. The van der Waals surface area contributed by atoms with Gasteiger partial charge >= 0.3 is 0 Å². The third kappa shape index (κ3) is 4.26. The topological polar surface area (TPSA) is 53.9 Å². The van der Waals surface area contributed by atoms with Gasteiger partial charge in [-0.3, -0.25) is 4.98 Å². The van der Waals surface area contributed by atoms with Gasteiger partial charge in [0.15, 0.2) is 0 Å². The molecule has 2 aromatic heterocycles. The van der Waals surface area contributed by atoms with Crippen LogP contribution in [0, 0.1) is 0 Å². The summed E-state index contributed by atoms with van der Waals surface area (Å²) < 4.78 is 0. The monoisotopic (exact) mass is 305 g/mol. The van der Waals surface area contributed by atoms with E-state index in [1.807, 2.05) is 54.5 Å². The van der Waals surface area contributed by atoms with Crippen molar-refractivity contribution >= 4 is 11.8 Å². The first-order chi connectivity index (χ1) is 11.3. The second-order valence-electron chi connectivity index (χ2n) is 5.30. The summed E-state index contributed by atoms with van der Waals surface area (Å²) in [4.78, 5) is 15.1. The molecule has 0 bridgehead atoms. The Morgan fingerprint density at radius 1 is 0.957 bits per heavy atom. The fourth-order valence-corrected chi connectivity index (χ4v) is 2.25. The number of hydrogen-bond donors (Lipinski definition) is 1. The fraction of sp³-hybridized carbons (Fsp3) is 0.167. The number of hydrogen-bond acceptors (Lipinski definition) is 5. The molecule has 0 spiro atoms. The Balaban J connectivity index is 1.64. The highest BCUT2D eigenvalue weighted by atomic mass is 15.2. The van der Waals surface area contributed by atoms with Gasteiger partial charge < -0.3 is 10.2 Å². The van der Waals surface area contributed by atoms with E-state index < -0.39 is 0 Å². The number of aromatic nitrogens is 3. The van der Waals surface area contributed by atoms with Gasteiger partial charge in [-0.1, -0.05) is 36.4 Å². The molecule has 5 nitrogen and oxygen atoms in total. The minimum absolute atomic E-state index is 0.687. The van der Waals surface area contributed by atoms with Crippen LogP contribution in [-0.2, 0) is 13.1 Å². The number of benzene rings is 1. The molecule has 0 radical (unpaired) electrons. The van der Waals surface area contributed by atoms with Crippen LogP contribution in [0.3, 0.4) is 0 Å². The lowest BCUT2D eigenvalue weighted by Gasteiger charge is -2.17. The summed E-state index contributed by atoms with van der Waals surface area (Å²) in [5.74, 6) is 1.50. The van der Waals surface area contributed by atoms with Crippen molar-refractivity contribution in [3.05, 3.63) is 78.2 Å². The second-order valence-corrected chi connectivity index (χ2v) is 5.30. The Morgan fingerprint density at radius 2 is 1.78 bits per heavy atom. The zero-order valence-electron chi connectivity index (χ0n) is 13.1. The van der Waals surface area contributed by atoms with E-state index in [0.29, 0.717) is 12.5 Å². The molecule has 3 rings (SSSR count). The second kappa shape index (κ2) is 7.35. The smallest absolute Gasteiger partial charge is 0.227 e. The highest BCUT2D eigenvalue weighted by Crippen LogP contribution is 2.13. The summed E-state index contributed by atoms with van der Waals surface area (Å²) in [6.07, 6.45) is 5.39.